The van der Waals surface area contributed by atoms with Crippen LogP contribution in [0.2, 0.25) is 0 Å². The molecule has 142 valence electrons. The standard InChI is InChI=1S/C23H21NO4/c25-12-17(13-26)24-21(28)11-10-20(27)18-8-6-16-5-4-14-2-1-3-15-7-9-19(18)23(16)22(14)15/h1-9,17,25-26H,10-13H2,(H,24,28). The van der Waals surface area contributed by atoms with E-state index in [1.807, 2.05) is 30.3 Å². The summed E-state index contributed by atoms with van der Waals surface area (Å²) in [5.74, 6) is -0.461. The monoisotopic (exact) mass is 375 g/mol. The van der Waals surface area contributed by atoms with Crippen LogP contribution in [-0.2, 0) is 4.79 Å². The second-order valence-electron chi connectivity index (χ2n) is 7.02. The lowest BCUT2D eigenvalue weighted by molar-refractivity contribution is -0.122. The Labute approximate surface area is 161 Å². The van der Waals surface area contributed by atoms with Crippen LogP contribution in [0.25, 0.3) is 32.3 Å². The highest BCUT2D eigenvalue weighted by molar-refractivity contribution is 6.26. The molecule has 0 aliphatic carbocycles. The molecule has 0 radical (unpaired) electrons. The molecule has 0 spiro atoms. The van der Waals surface area contributed by atoms with Crippen molar-refractivity contribution in [3.8, 4) is 0 Å². The first-order valence-electron chi connectivity index (χ1n) is 9.33. The lowest BCUT2D eigenvalue weighted by Gasteiger charge is -2.14. The Morgan fingerprint density at radius 3 is 2.07 bits per heavy atom. The van der Waals surface area contributed by atoms with Crippen LogP contribution in [0, 0.1) is 0 Å². The van der Waals surface area contributed by atoms with Gasteiger partial charge in [-0.25, -0.2) is 0 Å². The number of carbonyl (C=O) groups is 2. The van der Waals surface area contributed by atoms with E-state index in [4.69, 9.17) is 10.2 Å². The van der Waals surface area contributed by atoms with Crippen molar-refractivity contribution in [3.05, 3.63) is 60.2 Å². The highest BCUT2D eigenvalue weighted by atomic mass is 16.3. The van der Waals surface area contributed by atoms with Crippen molar-refractivity contribution in [3.63, 3.8) is 0 Å². The van der Waals surface area contributed by atoms with Gasteiger partial charge in [0, 0.05) is 18.4 Å². The summed E-state index contributed by atoms with van der Waals surface area (Å²) in [4.78, 5) is 24.8. The van der Waals surface area contributed by atoms with Gasteiger partial charge in [0.25, 0.3) is 0 Å². The largest absolute Gasteiger partial charge is 0.394 e. The Hall–Kier alpha value is -3.02. The number of aliphatic hydroxyl groups is 2. The molecule has 0 aliphatic heterocycles. The van der Waals surface area contributed by atoms with E-state index in [1.54, 1.807) is 0 Å². The Morgan fingerprint density at radius 1 is 0.786 bits per heavy atom. The Balaban J connectivity index is 1.65. The number of amides is 1. The third-order valence-corrected chi connectivity index (χ3v) is 5.21. The van der Waals surface area contributed by atoms with Gasteiger partial charge in [-0.15, -0.1) is 0 Å². The first-order chi connectivity index (χ1) is 13.6. The van der Waals surface area contributed by atoms with Crippen molar-refractivity contribution in [2.45, 2.75) is 18.9 Å². The van der Waals surface area contributed by atoms with E-state index in [2.05, 4.69) is 29.6 Å². The molecule has 4 aromatic rings. The summed E-state index contributed by atoms with van der Waals surface area (Å²) >= 11 is 0. The zero-order chi connectivity index (χ0) is 19.7. The predicted octanol–water partition coefficient (Wildman–Crippen LogP) is 3.02. The maximum atomic E-state index is 12.8. The van der Waals surface area contributed by atoms with Gasteiger partial charge in [-0.2, -0.15) is 0 Å². The van der Waals surface area contributed by atoms with Gasteiger partial charge >= 0.3 is 0 Å². The van der Waals surface area contributed by atoms with Gasteiger partial charge in [-0.05, 0) is 32.3 Å². The minimum absolute atomic E-state index is 0.0112. The summed E-state index contributed by atoms with van der Waals surface area (Å²) in [5, 5.41) is 27.1. The molecular weight excluding hydrogens is 354 g/mol. The molecule has 5 nitrogen and oxygen atoms in total. The lowest BCUT2D eigenvalue weighted by Crippen LogP contribution is -2.40. The predicted molar refractivity (Wildman–Crippen MR) is 110 cm³/mol. The molecule has 3 N–H and O–H groups in total. The zero-order valence-corrected chi connectivity index (χ0v) is 15.3. The van der Waals surface area contributed by atoms with Crippen LogP contribution in [0.4, 0.5) is 0 Å². The summed E-state index contributed by atoms with van der Waals surface area (Å²) in [6.45, 7) is -0.684. The Bertz CT molecular complexity index is 1150. The average Bonchev–Trinajstić information content (AvgIpc) is 2.74. The van der Waals surface area contributed by atoms with Crippen LogP contribution in [0.3, 0.4) is 0 Å². The van der Waals surface area contributed by atoms with Crippen LogP contribution in [0.15, 0.2) is 54.6 Å². The molecule has 0 saturated heterocycles. The third kappa shape index (κ3) is 3.19. The number of Topliss-reactive ketones (excluding diaryl/α,β-unsaturated/α-hetero) is 1. The molecular formula is C23H21NO4. The van der Waals surface area contributed by atoms with Crippen LogP contribution in [-0.4, -0.2) is 41.2 Å². The Morgan fingerprint density at radius 2 is 1.39 bits per heavy atom. The quantitative estimate of drug-likeness (QED) is 0.342. The number of carbonyl (C=O) groups excluding carboxylic acids is 2. The topological polar surface area (TPSA) is 86.6 Å². The summed E-state index contributed by atoms with van der Waals surface area (Å²) in [7, 11) is 0. The first-order valence-corrected chi connectivity index (χ1v) is 9.33. The maximum Gasteiger partial charge on any atom is 0.220 e. The lowest BCUT2D eigenvalue weighted by atomic mass is 9.90. The highest BCUT2D eigenvalue weighted by Crippen LogP contribution is 2.36. The number of aliphatic hydroxyl groups excluding tert-OH is 2. The molecule has 0 saturated carbocycles. The van der Waals surface area contributed by atoms with Crippen LogP contribution in [0.1, 0.15) is 23.2 Å². The van der Waals surface area contributed by atoms with Crippen LogP contribution < -0.4 is 5.32 Å². The van der Waals surface area contributed by atoms with Gasteiger partial charge in [0.15, 0.2) is 5.78 Å². The van der Waals surface area contributed by atoms with Crippen LogP contribution >= 0.6 is 0 Å². The van der Waals surface area contributed by atoms with E-state index in [0.29, 0.717) is 5.56 Å². The molecule has 1 amide bonds. The van der Waals surface area contributed by atoms with Gasteiger partial charge in [0.2, 0.25) is 5.91 Å². The summed E-state index contributed by atoms with van der Waals surface area (Å²) in [6, 6.07) is 17.4. The minimum atomic E-state index is -0.697. The van der Waals surface area contributed by atoms with Gasteiger partial charge in [0.1, 0.15) is 0 Å². The second kappa shape index (κ2) is 7.54. The van der Waals surface area contributed by atoms with Crippen molar-refractivity contribution in [2.24, 2.45) is 0 Å². The fraction of sp³-hybridized carbons (Fsp3) is 0.217. The molecule has 0 aliphatic rings. The minimum Gasteiger partial charge on any atom is -0.394 e. The number of benzene rings is 4. The van der Waals surface area contributed by atoms with Gasteiger partial charge < -0.3 is 15.5 Å². The second-order valence-corrected chi connectivity index (χ2v) is 7.02. The fourth-order valence-corrected chi connectivity index (χ4v) is 3.79. The number of rotatable bonds is 7. The van der Waals surface area contributed by atoms with Crippen molar-refractivity contribution in [2.75, 3.05) is 13.2 Å². The molecule has 0 fully saturated rings. The van der Waals surface area contributed by atoms with Crippen molar-refractivity contribution < 1.29 is 19.8 Å². The SMILES string of the molecule is O=C(CCC(=O)c1ccc2ccc3cccc4ccc1c2c34)NC(CO)CO. The maximum absolute atomic E-state index is 12.8. The van der Waals surface area contributed by atoms with Crippen molar-refractivity contribution in [1.29, 1.82) is 0 Å². The highest BCUT2D eigenvalue weighted by Gasteiger charge is 2.17. The van der Waals surface area contributed by atoms with E-state index < -0.39 is 6.04 Å². The zero-order valence-electron chi connectivity index (χ0n) is 15.3. The molecule has 0 atom stereocenters. The number of nitrogens with one attached hydrogen (secondary N) is 1. The first kappa shape index (κ1) is 18.3. The number of ketones is 1. The number of hydrogen-bond acceptors (Lipinski definition) is 4. The molecule has 4 rings (SSSR count). The molecule has 0 bridgehead atoms. The Kier molecular flexibility index (Phi) is 4.94. The summed E-state index contributed by atoms with van der Waals surface area (Å²) in [5.41, 5.74) is 0.611. The molecule has 5 heteroatoms. The van der Waals surface area contributed by atoms with E-state index in [-0.39, 0.29) is 37.7 Å². The van der Waals surface area contributed by atoms with Crippen molar-refractivity contribution >= 4 is 44.0 Å². The van der Waals surface area contributed by atoms with Gasteiger partial charge in [-0.1, -0.05) is 54.6 Å². The van der Waals surface area contributed by atoms with Gasteiger partial charge in [0.05, 0.1) is 19.3 Å². The molecule has 4 aromatic carbocycles. The van der Waals surface area contributed by atoms with Gasteiger partial charge in [-0.3, -0.25) is 9.59 Å². The normalized spacial score (nSPS) is 11.7. The van der Waals surface area contributed by atoms with E-state index >= 15 is 0 Å². The van der Waals surface area contributed by atoms with E-state index in [1.165, 1.54) is 0 Å². The molecule has 0 heterocycles. The third-order valence-electron chi connectivity index (χ3n) is 5.21. The van der Waals surface area contributed by atoms with Crippen molar-refractivity contribution in [1.82, 2.24) is 5.32 Å². The van der Waals surface area contributed by atoms with Crippen LogP contribution in [0.5, 0.6) is 0 Å². The van der Waals surface area contributed by atoms with E-state index in [9.17, 15) is 9.59 Å². The molecule has 0 aromatic heterocycles. The fourth-order valence-electron chi connectivity index (χ4n) is 3.79. The van der Waals surface area contributed by atoms with E-state index in [0.717, 1.165) is 32.3 Å². The molecule has 28 heavy (non-hydrogen) atoms. The average molecular weight is 375 g/mol. The summed E-state index contributed by atoms with van der Waals surface area (Å²) < 4.78 is 0. The smallest absolute Gasteiger partial charge is 0.220 e. The number of hydrogen-bond donors (Lipinski definition) is 3. The molecule has 0 unspecified atom stereocenters. The summed E-state index contributed by atoms with van der Waals surface area (Å²) in [6.07, 6.45) is 0.0801.